The van der Waals surface area contributed by atoms with Crippen LogP contribution in [0.25, 0.3) is 0 Å². The standard InChI is InChI=1S/C14H18BrFN2O/c1-17-8-10-4-3-7-18(9-10)14(19)13-11(15)5-2-6-12(13)16/h2,5-6,10,17H,3-4,7-9H2,1H3. The maximum absolute atomic E-state index is 13.8. The number of carbonyl (C=O) groups excluding carboxylic acids is 1. The van der Waals surface area contributed by atoms with Crippen LogP contribution in [0.1, 0.15) is 23.2 Å². The van der Waals surface area contributed by atoms with Crippen LogP contribution in [0.3, 0.4) is 0 Å². The Balaban J connectivity index is 2.15. The van der Waals surface area contributed by atoms with Crippen molar-refractivity contribution in [2.45, 2.75) is 12.8 Å². The molecule has 1 aromatic rings. The maximum atomic E-state index is 13.8. The number of benzene rings is 1. The molecule has 1 N–H and O–H groups in total. The molecule has 1 aliphatic heterocycles. The summed E-state index contributed by atoms with van der Waals surface area (Å²) < 4.78 is 14.3. The van der Waals surface area contributed by atoms with E-state index in [-0.39, 0.29) is 11.5 Å². The topological polar surface area (TPSA) is 32.3 Å². The minimum absolute atomic E-state index is 0.146. The van der Waals surface area contributed by atoms with Gasteiger partial charge in [0, 0.05) is 17.6 Å². The molecule has 1 amide bonds. The lowest BCUT2D eigenvalue weighted by molar-refractivity contribution is 0.0668. The molecule has 1 heterocycles. The van der Waals surface area contributed by atoms with Gasteiger partial charge in [-0.05, 0) is 60.4 Å². The van der Waals surface area contributed by atoms with Crippen molar-refractivity contribution in [3.8, 4) is 0 Å². The number of piperidine rings is 1. The lowest BCUT2D eigenvalue weighted by atomic mass is 9.97. The fraction of sp³-hybridized carbons (Fsp3) is 0.500. The summed E-state index contributed by atoms with van der Waals surface area (Å²) >= 11 is 3.26. The second kappa shape index (κ2) is 6.48. The van der Waals surface area contributed by atoms with Crippen LogP contribution in [-0.4, -0.2) is 37.5 Å². The Morgan fingerprint density at radius 1 is 1.58 bits per heavy atom. The monoisotopic (exact) mass is 328 g/mol. The van der Waals surface area contributed by atoms with E-state index in [9.17, 15) is 9.18 Å². The predicted octanol–water partition coefficient (Wildman–Crippen LogP) is 2.66. The van der Waals surface area contributed by atoms with Crippen molar-refractivity contribution in [2.24, 2.45) is 5.92 Å². The summed E-state index contributed by atoms with van der Waals surface area (Å²) in [5.74, 6) is -0.228. The van der Waals surface area contributed by atoms with E-state index in [1.807, 2.05) is 7.05 Å². The van der Waals surface area contributed by atoms with Crippen molar-refractivity contribution in [1.29, 1.82) is 0 Å². The first-order chi connectivity index (χ1) is 9.13. The first-order valence-corrected chi connectivity index (χ1v) is 7.30. The lowest BCUT2D eigenvalue weighted by Crippen LogP contribution is -2.42. The van der Waals surface area contributed by atoms with E-state index in [0.717, 1.165) is 19.4 Å². The second-order valence-electron chi connectivity index (χ2n) is 4.91. The van der Waals surface area contributed by atoms with Gasteiger partial charge < -0.3 is 10.2 Å². The number of rotatable bonds is 3. The summed E-state index contributed by atoms with van der Waals surface area (Å²) in [7, 11) is 1.91. The Morgan fingerprint density at radius 3 is 3.05 bits per heavy atom. The van der Waals surface area contributed by atoms with E-state index in [0.29, 0.717) is 23.5 Å². The largest absolute Gasteiger partial charge is 0.338 e. The Bertz CT molecular complexity index is 445. The van der Waals surface area contributed by atoms with Crippen molar-refractivity contribution >= 4 is 21.8 Å². The number of amides is 1. The van der Waals surface area contributed by atoms with Gasteiger partial charge in [-0.1, -0.05) is 6.07 Å². The molecule has 0 radical (unpaired) electrons. The normalized spacial score (nSPS) is 19.5. The van der Waals surface area contributed by atoms with E-state index >= 15 is 0 Å². The van der Waals surface area contributed by atoms with Crippen LogP contribution in [0.5, 0.6) is 0 Å². The third-order valence-electron chi connectivity index (χ3n) is 3.48. The first-order valence-electron chi connectivity index (χ1n) is 6.51. The van der Waals surface area contributed by atoms with E-state index in [4.69, 9.17) is 0 Å². The number of nitrogens with zero attached hydrogens (tertiary/aromatic N) is 1. The average molecular weight is 329 g/mol. The van der Waals surface area contributed by atoms with Crippen molar-refractivity contribution < 1.29 is 9.18 Å². The quantitative estimate of drug-likeness (QED) is 0.925. The van der Waals surface area contributed by atoms with E-state index in [2.05, 4.69) is 21.2 Å². The lowest BCUT2D eigenvalue weighted by Gasteiger charge is -2.33. The minimum atomic E-state index is -0.463. The van der Waals surface area contributed by atoms with Gasteiger partial charge in [0.2, 0.25) is 0 Å². The molecular formula is C14H18BrFN2O. The minimum Gasteiger partial charge on any atom is -0.338 e. The highest BCUT2D eigenvalue weighted by Gasteiger charge is 2.26. The number of halogens is 2. The Labute approximate surface area is 121 Å². The first kappa shape index (κ1) is 14.5. The molecule has 3 nitrogen and oxygen atoms in total. The van der Waals surface area contributed by atoms with Crippen molar-refractivity contribution in [3.63, 3.8) is 0 Å². The molecule has 0 aliphatic carbocycles. The zero-order chi connectivity index (χ0) is 13.8. The van der Waals surface area contributed by atoms with Crippen LogP contribution in [-0.2, 0) is 0 Å². The third-order valence-corrected chi connectivity index (χ3v) is 4.14. The van der Waals surface area contributed by atoms with Gasteiger partial charge >= 0.3 is 0 Å². The fourth-order valence-electron chi connectivity index (χ4n) is 2.57. The van der Waals surface area contributed by atoms with Crippen molar-refractivity contribution in [3.05, 3.63) is 34.1 Å². The third kappa shape index (κ3) is 3.34. The molecule has 0 spiro atoms. The zero-order valence-corrected chi connectivity index (χ0v) is 12.5. The van der Waals surface area contributed by atoms with Crippen LogP contribution in [0.4, 0.5) is 4.39 Å². The van der Waals surface area contributed by atoms with Crippen LogP contribution in [0.15, 0.2) is 22.7 Å². The number of carbonyl (C=O) groups is 1. The molecule has 1 aliphatic rings. The Kier molecular flexibility index (Phi) is 4.93. The smallest absolute Gasteiger partial charge is 0.257 e. The summed E-state index contributed by atoms with van der Waals surface area (Å²) in [6.07, 6.45) is 2.09. The molecule has 1 saturated heterocycles. The highest BCUT2D eigenvalue weighted by molar-refractivity contribution is 9.10. The molecule has 0 bridgehead atoms. The number of likely N-dealkylation sites (tertiary alicyclic amines) is 1. The van der Waals surface area contributed by atoms with Crippen LogP contribution in [0, 0.1) is 11.7 Å². The van der Waals surface area contributed by atoms with E-state index in [1.54, 1.807) is 17.0 Å². The molecule has 19 heavy (non-hydrogen) atoms. The zero-order valence-electron chi connectivity index (χ0n) is 11.0. The van der Waals surface area contributed by atoms with Gasteiger partial charge in [-0.2, -0.15) is 0 Å². The average Bonchev–Trinajstić information content (AvgIpc) is 2.39. The molecule has 0 aromatic heterocycles. The molecule has 1 atom stereocenters. The molecule has 1 unspecified atom stereocenters. The van der Waals surface area contributed by atoms with Crippen molar-refractivity contribution in [2.75, 3.05) is 26.7 Å². The number of hydrogen-bond donors (Lipinski definition) is 1. The van der Waals surface area contributed by atoms with Gasteiger partial charge in [0.1, 0.15) is 5.82 Å². The Hall–Kier alpha value is -0.940. The highest BCUT2D eigenvalue weighted by atomic mass is 79.9. The van der Waals surface area contributed by atoms with Gasteiger partial charge in [0.05, 0.1) is 5.56 Å². The van der Waals surface area contributed by atoms with Gasteiger partial charge in [-0.3, -0.25) is 4.79 Å². The van der Waals surface area contributed by atoms with Gasteiger partial charge in [-0.15, -0.1) is 0 Å². The number of hydrogen-bond acceptors (Lipinski definition) is 2. The summed E-state index contributed by atoms with van der Waals surface area (Å²) in [6.45, 7) is 2.29. The van der Waals surface area contributed by atoms with E-state index < -0.39 is 5.82 Å². The molecule has 2 rings (SSSR count). The molecule has 5 heteroatoms. The van der Waals surface area contributed by atoms with Crippen LogP contribution >= 0.6 is 15.9 Å². The Morgan fingerprint density at radius 2 is 2.37 bits per heavy atom. The molecule has 1 fully saturated rings. The summed E-state index contributed by atoms with van der Waals surface area (Å²) in [5.41, 5.74) is 0.146. The predicted molar refractivity (Wildman–Crippen MR) is 76.7 cm³/mol. The van der Waals surface area contributed by atoms with Crippen LogP contribution < -0.4 is 5.32 Å². The van der Waals surface area contributed by atoms with Gasteiger partial charge in [0.15, 0.2) is 0 Å². The molecule has 1 aromatic carbocycles. The SMILES string of the molecule is CNCC1CCCN(C(=O)c2c(F)cccc2Br)C1. The van der Waals surface area contributed by atoms with Crippen LogP contribution in [0.2, 0.25) is 0 Å². The molecule has 104 valence electrons. The molecular weight excluding hydrogens is 311 g/mol. The summed E-state index contributed by atoms with van der Waals surface area (Å²) in [5, 5.41) is 3.14. The second-order valence-corrected chi connectivity index (χ2v) is 5.77. The fourth-order valence-corrected chi connectivity index (χ4v) is 3.08. The molecule has 0 saturated carbocycles. The van der Waals surface area contributed by atoms with E-state index in [1.165, 1.54) is 6.07 Å². The highest BCUT2D eigenvalue weighted by Crippen LogP contribution is 2.24. The van der Waals surface area contributed by atoms with Crippen molar-refractivity contribution in [1.82, 2.24) is 10.2 Å². The summed E-state index contributed by atoms with van der Waals surface area (Å²) in [4.78, 5) is 14.2. The van der Waals surface area contributed by atoms with Gasteiger partial charge in [0.25, 0.3) is 5.91 Å². The maximum Gasteiger partial charge on any atom is 0.257 e. The van der Waals surface area contributed by atoms with Gasteiger partial charge in [-0.25, -0.2) is 4.39 Å². The summed E-state index contributed by atoms with van der Waals surface area (Å²) in [6, 6.07) is 4.62. The number of nitrogens with one attached hydrogen (secondary N) is 1.